The van der Waals surface area contributed by atoms with Gasteiger partial charge < -0.3 is 29.7 Å². The number of hydrogen-bond donors (Lipinski definition) is 2. The molecule has 2 aliphatic heterocycles. The second-order valence-electron chi connectivity index (χ2n) is 8.64. The van der Waals surface area contributed by atoms with Crippen LogP contribution < -0.4 is 15.4 Å². The van der Waals surface area contributed by atoms with Crippen molar-refractivity contribution in [2.24, 2.45) is 11.8 Å². The summed E-state index contributed by atoms with van der Waals surface area (Å²) in [5.41, 5.74) is 1.10. The van der Waals surface area contributed by atoms with Crippen LogP contribution in [-0.4, -0.2) is 75.9 Å². The average molecular weight is 434 g/mol. The predicted molar refractivity (Wildman–Crippen MR) is 118 cm³/mol. The van der Waals surface area contributed by atoms with E-state index in [1.165, 1.54) is 0 Å². The molecule has 0 aliphatic carbocycles. The number of benzene rings is 1. The maximum Gasteiger partial charge on any atom is 0.257 e. The van der Waals surface area contributed by atoms with Crippen LogP contribution in [-0.2, 0) is 14.3 Å². The third-order valence-corrected chi connectivity index (χ3v) is 6.09. The summed E-state index contributed by atoms with van der Waals surface area (Å²) in [5.74, 6) is 0.502. The number of anilines is 1. The highest BCUT2D eigenvalue weighted by molar-refractivity contribution is 5.98. The van der Waals surface area contributed by atoms with Crippen LogP contribution in [0.25, 0.3) is 0 Å². The molecule has 31 heavy (non-hydrogen) atoms. The molecule has 0 bridgehead atoms. The number of likely N-dealkylation sites (N-methyl/N-ethyl adjacent to an activating group) is 1. The first-order valence-electron chi connectivity index (χ1n) is 11.1. The number of hydrogen-bond acceptors (Lipinski definition) is 6. The van der Waals surface area contributed by atoms with Crippen molar-refractivity contribution in [2.75, 3.05) is 52.4 Å². The molecule has 3 rings (SSSR count). The first kappa shape index (κ1) is 23.5. The van der Waals surface area contributed by atoms with Gasteiger partial charge in [-0.15, -0.1) is 0 Å². The minimum absolute atomic E-state index is 0.0215. The van der Waals surface area contributed by atoms with E-state index in [1.807, 2.05) is 6.92 Å². The van der Waals surface area contributed by atoms with E-state index in [0.717, 1.165) is 19.4 Å². The van der Waals surface area contributed by atoms with Gasteiger partial charge in [-0.3, -0.25) is 9.59 Å². The van der Waals surface area contributed by atoms with Crippen LogP contribution in [0.3, 0.4) is 0 Å². The van der Waals surface area contributed by atoms with Crippen LogP contribution in [0.5, 0.6) is 5.75 Å². The van der Waals surface area contributed by atoms with Gasteiger partial charge >= 0.3 is 0 Å². The topological polar surface area (TPSA) is 89.1 Å². The van der Waals surface area contributed by atoms with Crippen LogP contribution in [0.4, 0.5) is 5.69 Å². The molecule has 172 valence electrons. The Kier molecular flexibility index (Phi) is 8.28. The molecule has 0 unspecified atom stereocenters. The Balaban J connectivity index is 1.81. The molecular formula is C23H35N3O5. The number of amides is 2. The van der Waals surface area contributed by atoms with E-state index in [2.05, 4.69) is 17.6 Å². The number of nitrogens with one attached hydrogen (secondary N) is 2. The maximum absolute atomic E-state index is 13.2. The second kappa shape index (κ2) is 10.9. The molecule has 8 heteroatoms. The molecule has 1 fully saturated rings. The number of fused-ring (bicyclic) bond motifs is 1. The number of nitrogens with zero attached hydrogens (tertiary/aromatic N) is 1. The molecule has 3 atom stereocenters. The fourth-order valence-corrected chi connectivity index (χ4v) is 3.94. The van der Waals surface area contributed by atoms with E-state index in [-0.39, 0.29) is 35.8 Å². The van der Waals surface area contributed by atoms with Crippen molar-refractivity contribution >= 4 is 17.5 Å². The van der Waals surface area contributed by atoms with Crippen LogP contribution in [0.1, 0.15) is 37.0 Å². The largest absolute Gasteiger partial charge is 0.491 e. The Bertz CT molecular complexity index is 766. The molecule has 2 aliphatic rings. The molecule has 2 N–H and O–H groups in total. The number of carbonyl (C=O) groups is 2. The Hall–Kier alpha value is -2.16. The predicted octanol–water partition coefficient (Wildman–Crippen LogP) is 2.15. The van der Waals surface area contributed by atoms with Crippen molar-refractivity contribution in [3.05, 3.63) is 23.8 Å². The Labute approximate surface area is 184 Å². The lowest BCUT2D eigenvalue weighted by Gasteiger charge is -2.30. The van der Waals surface area contributed by atoms with Crippen LogP contribution in [0.2, 0.25) is 0 Å². The van der Waals surface area contributed by atoms with Crippen LogP contribution >= 0.6 is 0 Å². The van der Waals surface area contributed by atoms with E-state index in [0.29, 0.717) is 43.4 Å². The highest BCUT2D eigenvalue weighted by Crippen LogP contribution is 2.27. The monoisotopic (exact) mass is 433 g/mol. The van der Waals surface area contributed by atoms with Gasteiger partial charge in [0.05, 0.1) is 11.7 Å². The molecule has 0 aromatic heterocycles. The number of methoxy groups -OCH3 is 1. The van der Waals surface area contributed by atoms with Crippen LogP contribution in [0.15, 0.2) is 18.2 Å². The standard InChI is InChI=1S/C23H35N3O5/c1-15-12-24-16(2)14-31-20-11-18(25-22(27)17-7-9-30-10-8-17)5-6-19(20)23(28)26(3)13-21(15)29-4/h5-6,11,15-17,21,24H,7-10,12-14H2,1-4H3,(H,25,27)/t15-,16-,21-/m0/s1. The van der Waals surface area contributed by atoms with Gasteiger partial charge in [-0.1, -0.05) is 6.92 Å². The highest BCUT2D eigenvalue weighted by atomic mass is 16.5. The molecule has 1 aromatic carbocycles. The van der Waals surface area contributed by atoms with Gasteiger partial charge in [0.15, 0.2) is 0 Å². The van der Waals surface area contributed by atoms with E-state index in [9.17, 15) is 9.59 Å². The van der Waals surface area contributed by atoms with Gasteiger partial charge in [0, 0.05) is 64.2 Å². The molecule has 2 heterocycles. The lowest BCUT2D eigenvalue weighted by molar-refractivity contribution is -0.122. The summed E-state index contributed by atoms with van der Waals surface area (Å²) in [7, 11) is 3.45. The lowest BCUT2D eigenvalue weighted by Crippen LogP contribution is -2.44. The fraction of sp³-hybridized carbons (Fsp3) is 0.652. The van der Waals surface area contributed by atoms with Gasteiger partial charge in [-0.25, -0.2) is 0 Å². The third kappa shape index (κ3) is 6.18. The van der Waals surface area contributed by atoms with Crippen molar-refractivity contribution < 1.29 is 23.8 Å². The number of carbonyl (C=O) groups excluding carboxylic acids is 2. The molecule has 2 amide bonds. The molecule has 0 spiro atoms. The summed E-state index contributed by atoms with van der Waals surface area (Å²) in [6, 6.07) is 5.33. The SMILES string of the molecule is CO[C@H]1CN(C)C(=O)c2ccc(NC(=O)C3CCOCC3)cc2OC[C@H](C)NC[C@@H]1C. The summed E-state index contributed by atoms with van der Waals surface area (Å²) in [6.07, 6.45) is 1.37. The zero-order valence-electron chi connectivity index (χ0n) is 19.0. The summed E-state index contributed by atoms with van der Waals surface area (Å²) >= 11 is 0. The van der Waals surface area contributed by atoms with E-state index >= 15 is 0 Å². The van der Waals surface area contributed by atoms with Crippen molar-refractivity contribution in [3.8, 4) is 5.75 Å². The number of ether oxygens (including phenoxy) is 3. The van der Waals surface area contributed by atoms with Gasteiger partial charge in [0.1, 0.15) is 12.4 Å². The second-order valence-corrected chi connectivity index (χ2v) is 8.64. The highest BCUT2D eigenvalue weighted by Gasteiger charge is 2.26. The zero-order valence-corrected chi connectivity index (χ0v) is 19.0. The minimum atomic E-state index is -0.132. The first-order chi connectivity index (χ1) is 14.9. The molecule has 1 aromatic rings. The molecular weight excluding hydrogens is 398 g/mol. The Morgan fingerprint density at radius 1 is 1.26 bits per heavy atom. The molecule has 1 saturated heterocycles. The molecule has 8 nitrogen and oxygen atoms in total. The van der Waals surface area contributed by atoms with Crippen molar-refractivity contribution in [2.45, 2.75) is 38.8 Å². The van der Waals surface area contributed by atoms with Gasteiger partial charge in [-0.2, -0.15) is 0 Å². The third-order valence-electron chi connectivity index (χ3n) is 6.09. The zero-order chi connectivity index (χ0) is 22.4. The van der Waals surface area contributed by atoms with Gasteiger partial charge in [-0.05, 0) is 37.8 Å². The Morgan fingerprint density at radius 2 is 2.00 bits per heavy atom. The number of rotatable bonds is 3. The summed E-state index contributed by atoms with van der Waals surface area (Å²) in [5, 5.41) is 6.44. The summed E-state index contributed by atoms with van der Waals surface area (Å²) in [6.45, 7) is 7.03. The smallest absolute Gasteiger partial charge is 0.257 e. The fourth-order valence-electron chi connectivity index (χ4n) is 3.94. The van der Waals surface area contributed by atoms with Crippen molar-refractivity contribution in [1.82, 2.24) is 10.2 Å². The quantitative estimate of drug-likeness (QED) is 0.759. The summed E-state index contributed by atoms with van der Waals surface area (Å²) in [4.78, 5) is 27.4. The van der Waals surface area contributed by atoms with Crippen molar-refractivity contribution in [1.29, 1.82) is 0 Å². The van der Waals surface area contributed by atoms with Crippen LogP contribution in [0, 0.1) is 11.8 Å². The van der Waals surface area contributed by atoms with Gasteiger partial charge in [0.25, 0.3) is 5.91 Å². The van der Waals surface area contributed by atoms with E-state index in [4.69, 9.17) is 14.2 Å². The van der Waals surface area contributed by atoms with E-state index in [1.54, 1.807) is 37.3 Å². The molecule has 0 radical (unpaired) electrons. The van der Waals surface area contributed by atoms with E-state index < -0.39 is 0 Å². The minimum Gasteiger partial charge on any atom is -0.491 e. The lowest BCUT2D eigenvalue weighted by atomic mass is 9.99. The normalized spacial score (nSPS) is 26.3. The first-order valence-corrected chi connectivity index (χ1v) is 11.1. The maximum atomic E-state index is 13.2. The van der Waals surface area contributed by atoms with Crippen molar-refractivity contribution in [3.63, 3.8) is 0 Å². The molecule has 0 saturated carbocycles. The Morgan fingerprint density at radius 3 is 2.71 bits per heavy atom. The van der Waals surface area contributed by atoms with Gasteiger partial charge in [0.2, 0.25) is 5.91 Å². The average Bonchev–Trinajstić information content (AvgIpc) is 2.79. The summed E-state index contributed by atoms with van der Waals surface area (Å²) < 4.78 is 17.0.